The number of carbonyl (C=O) groups excluding carboxylic acids is 2. The van der Waals surface area contributed by atoms with E-state index in [-0.39, 0.29) is 23.5 Å². The molecule has 9 nitrogen and oxygen atoms in total. The number of rotatable bonds is 4. The topological polar surface area (TPSA) is 116 Å². The minimum absolute atomic E-state index is 0.204. The molecule has 0 bridgehead atoms. The van der Waals surface area contributed by atoms with Gasteiger partial charge in [-0.05, 0) is 48.9 Å². The van der Waals surface area contributed by atoms with Crippen LogP contribution in [0.2, 0.25) is 0 Å². The standard InChI is InChI=1S/C26H23N5O4/c32-23(27-19-13-14-30(16-19)25(34)28-18-7-3-1-4-8-18)17-11-12-21-22(15-17)29-26(35)31(24(21)33)20-9-5-2-6-10-20/h1-12,15,19H,13-14,16H2,(H,27,32)(H,28,34)(H,29,35). The first kappa shape index (κ1) is 22.1. The number of hydrogen-bond donors (Lipinski definition) is 3. The molecule has 3 amide bonds. The number of hydrogen-bond acceptors (Lipinski definition) is 4. The Labute approximate surface area is 200 Å². The second-order valence-corrected chi connectivity index (χ2v) is 8.37. The molecule has 3 N–H and O–H groups in total. The van der Waals surface area contributed by atoms with E-state index in [0.717, 1.165) is 4.57 Å². The summed E-state index contributed by atoms with van der Waals surface area (Å²) in [5.74, 6) is -0.338. The van der Waals surface area contributed by atoms with Crippen LogP contribution in [0.15, 0.2) is 88.5 Å². The van der Waals surface area contributed by atoms with Crippen LogP contribution in [-0.2, 0) is 0 Å². The minimum Gasteiger partial charge on any atom is -0.347 e. The molecule has 4 aromatic rings. The van der Waals surface area contributed by atoms with Crippen molar-refractivity contribution in [1.29, 1.82) is 0 Å². The van der Waals surface area contributed by atoms with E-state index in [1.54, 1.807) is 41.3 Å². The molecular weight excluding hydrogens is 446 g/mol. The van der Waals surface area contributed by atoms with Crippen molar-refractivity contribution >= 4 is 28.5 Å². The Balaban J connectivity index is 1.29. The summed E-state index contributed by atoms with van der Waals surface area (Å²) in [6.45, 7) is 0.907. The summed E-state index contributed by atoms with van der Waals surface area (Å²) in [7, 11) is 0. The zero-order valence-electron chi connectivity index (χ0n) is 18.7. The van der Waals surface area contributed by atoms with Crippen LogP contribution in [0.5, 0.6) is 0 Å². The van der Waals surface area contributed by atoms with E-state index in [0.29, 0.717) is 41.8 Å². The molecule has 1 unspecified atom stereocenters. The lowest BCUT2D eigenvalue weighted by Gasteiger charge is -2.18. The summed E-state index contributed by atoms with van der Waals surface area (Å²) in [5.41, 5.74) is 0.734. The van der Waals surface area contributed by atoms with Gasteiger partial charge in [0.15, 0.2) is 0 Å². The first-order chi connectivity index (χ1) is 17.0. The molecule has 1 aliphatic rings. The van der Waals surface area contributed by atoms with Crippen molar-refractivity contribution in [3.63, 3.8) is 0 Å². The normalized spacial score (nSPS) is 15.2. The number of nitrogens with zero attached hydrogens (tertiary/aromatic N) is 2. The lowest BCUT2D eigenvalue weighted by molar-refractivity contribution is 0.0938. The molecule has 1 aliphatic heterocycles. The van der Waals surface area contributed by atoms with Gasteiger partial charge < -0.3 is 20.5 Å². The minimum atomic E-state index is -0.581. The van der Waals surface area contributed by atoms with Gasteiger partial charge in [-0.3, -0.25) is 9.59 Å². The molecule has 1 fully saturated rings. The molecule has 1 saturated heterocycles. The number of amides is 3. The summed E-state index contributed by atoms with van der Waals surface area (Å²) in [4.78, 5) is 55.3. The Morgan fingerprint density at radius 1 is 0.914 bits per heavy atom. The summed E-state index contributed by atoms with van der Waals surface area (Å²) in [6, 6.07) is 22.0. The smallest absolute Gasteiger partial charge is 0.333 e. The van der Waals surface area contributed by atoms with Gasteiger partial charge in [-0.1, -0.05) is 36.4 Å². The first-order valence-corrected chi connectivity index (χ1v) is 11.3. The van der Waals surface area contributed by atoms with Gasteiger partial charge in [-0.15, -0.1) is 0 Å². The van der Waals surface area contributed by atoms with E-state index < -0.39 is 11.2 Å². The number of aromatic nitrogens is 2. The SMILES string of the molecule is O=C(NC1CCN(C(=O)Nc2ccccc2)C1)c1ccc2c(=O)n(-c3ccccc3)c(=O)[nH]c2c1. The average Bonchev–Trinajstić information content (AvgIpc) is 3.33. The largest absolute Gasteiger partial charge is 0.347 e. The zero-order chi connectivity index (χ0) is 24.4. The number of H-pyrrole nitrogens is 1. The highest BCUT2D eigenvalue weighted by Crippen LogP contribution is 2.15. The molecule has 1 atom stereocenters. The maximum Gasteiger partial charge on any atom is 0.333 e. The van der Waals surface area contributed by atoms with E-state index in [2.05, 4.69) is 15.6 Å². The van der Waals surface area contributed by atoms with Crippen LogP contribution < -0.4 is 21.9 Å². The molecule has 0 saturated carbocycles. The molecule has 3 aromatic carbocycles. The van der Waals surface area contributed by atoms with E-state index >= 15 is 0 Å². The van der Waals surface area contributed by atoms with E-state index in [9.17, 15) is 19.2 Å². The van der Waals surface area contributed by atoms with Gasteiger partial charge in [-0.2, -0.15) is 0 Å². The van der Waals surface area contributed by atoms with Crippen molar-refractivity contribution in [2.45, 2.75) is 12.5 Å². The average molecular weight is 470 g/mol. The molecule has 176 valence electrons. The molecule has 5 rings (SSSR count). The highest BCUT2D eigenvalue weighted by atomic mass is 16.2. The molecule has 0 radical (unpaired) electrons. The highest BCUT2D eigenvalue weighted by molar-refractivity contribution is 5.98. The number of para-hydroxylation sites is 2. The van der Waals surface area contributed by atoms with Crippen molar-refractivity contribution in [2.24, 2.45) is 0 Å². The molecule has 2 heterocycles. The van der Waals surface area contributed by atoms with Gasteiger partial charge in [0.25, 0.3) is 11.5 Å². The van der Waals surface area contributed by atoms with Crippen LogP contribution in [0.25, 0.3) is 16.6 Å². The Morgan fingerprint density at radius 2 is 1.63 bits per heavy atom. The fourth-order valence-corrected chi connectivity index (χ4v) is 4.23. The number of benzene rings is 3. The molecule has 35 heavy (non-hydrogen) atoms. The van der Waals surface area contributed by atoms with Gasteiger partial charge >= 0.3 is 11.7 Å². The van der Waals surface area contributed by atoms with Crippen LogP contribution in [-0.4, -0.2) is 45.5 Å². The molecule has 0 spiro atoms. The summed E-state index contributed by atoms with van der Waals surface area (Å²) >= 11 is 0. The third-order valence-electron chi connectivity index (χ3n) is 6.01. The summed E-state index contributed by atoms with van der Waals surface area (Å²) in [6.07, 6.45) is 0.625. The fourth-order valence-electron chi connectivity index (χ4n) is 4.23. The summed E-state index contributed by atoms with van der Waals surface area (Å²) < 4.78 is 1.07. The van der Waals surface area contributed by atoms with Gasteiger partial charge in [0.1, 0.15) is 0 Å². The quantitative estimate of drug-likeness (QED) is 0.426. The van der Waals surface area contributed by atoms with Crippen LogP contribution in [0, 0.1) is 0 Å². The number of carbonyl (C=O) groups is 2. The van der Waals surface area contributed by atoms with Crippen LogP contribution in [0.3, 0.4) is 0 Å². The predicted molar refractivity (Wildman–Crippen MR) is 133 cm³/mol. The Hall–Kier alpha value is -4.66. The van der Waals surface area contributed by atoms with E-state index in [1.807, 2.05) is 30.3 Å². The first-order valence-electron chi connectivity index (χ1n) is 11.3. The van der Waals surface area contributed by atoms with Gasteiger partial charge in [0.2, 0.25) is 0 Å². The van der Waals surface area contributed by atoms with E-state index in [4.69, 9.17) is 0 Å². The monoisotopic (exact) mass is 469 g/mol. The van der Waals surface area contributed by atoms with Crippen LogP contribution in [0.1, 0.15) is 16.8 Å². The third kappa shape index (κ3) is 4.56. The van der Waals surface area contributed by atoms with Crippen molar-refractivity contribution < 1.29 is 9.59 Å². The molecule has 1 aromatic heterocycles. The molecular formula is C26H23N5O4. The van der Waals surface area contributed by atoms with Crippen LogP contribution >= 0.6 is 0 Å². The van der Waals surface area contributed by atoms with Crippen molar-refractivity contribution in [2.75, 3.05) is 18.4 Å². The lowest BCUT2D eigenvalue weighted by atomic mass is 10.1. The lowest BCUT2D eigenvalue weighted by Crippen LogP contribution is -2.39. The maximum atomic E-state index is 12.9. The van der Waals surface area contributed by atoms with Crippen molar-refractivity contribution in [1.82, 2.24) is 19.8 Å². The molecule has 0 aliphatic carbocycles. The second kappa shape index (κ2) is 9.30. The van der Waals surface area contributed by atoms with E-state index in [1.165, 1.54) is 12.1 Å². The van der Waals surface area contributed by atoms with Crippen molar-refractivity contribution in [3.8, 4) is 5.69 Å². The number of likely N-dealkylation sites (tertiary alicyclic amines) is 1. The zero-order valence-corrected chi connectivity index (χ0v) is 18.7. The number of aromatic amines is 1. The molecule has 9 heteroatoms. The Kier molecular flexibility index (Phi) is 5.88. The Morgan fingerprint density at radius 3 is 2.37 bits per heavy atom. The van der Waals surface area contributed by atoms with Crippen molar-refractivity contribution in [3.05, 3.63) is 105 Å². The number of urea groups is 1. The summed E-state index contributed by atoms with van der Waals surface area (Å²) in [5, 5.41) is 6.09. The number of nitrogens with one attached hydrogen (secondary N) is 3. The predicted octanol–water partition coefficient (Wildman–Crippen LogP) is 2.72. The third-order valence-corrected chi connectivity index (χ3v) is 6.01. The number of anilines is 1. The Bertz CT molecular complexity index is 1510. The fraction of sp³-hybridized carbons (Fsp3) is 0.154. The van der Waals surface area contributed by atoms with Gasteiger partial charge in [0, 0.05) is 30.4 Å². The van der Waals surface area contributed by atoms with Gasteiger partial charge in [0.05, 0.1) is 16.6 Å². The van der Waals surface area contributed by atoms with Crippen LogP contribution in [0.4, 0.5) is 10.5 Å². The van der Waals surface area contributed by atoms with Gasteiger partial charge in [-0.25, -0.2) is 14.2 Å². The maximum absolute atomic E-state index is 12.9. The number of fused-ring (bicyclic) bond motifs is 1. The second-order valence-electron chi connectivity index (χ2n) is 8.37. The highest BCUT2D eigenvalue weighted by Gasteiger charge is 2.27.